The van der Waals surface area contributed by atoms with Crippen LogP contribution in [0.1, 0.15) is 13.3 Å². The first-order chi connectivity index (χ1) is 6.33. The van der Waals surface area contributed by atoms with E-state index in [2.05, 4.69) is 11.9 Å². The Morgan fingerprint density at radius 1 is 1.38 bits per heavy atom. The Kier molecular flexibility index (Phi) is 2.23. The molecule has 68 valence electrons. The van der Waals surface area contributed by atoms with Crippen molar-refractivity contribution in [1.82, 2.24) is 9.55 Å². The quantitative estimate of drug-likeness (QED) is 0.719. The number of para-hydroxylation sites is 2. The highest BCUT2D eigenvalue weighted by Gasteiger charge is 2.05. The fourth-order valence-electron chi connectivity index (χ4n) is 1.48. The third-order valence-corrected chi connectivity index (χ3v) is 2.34. The van der Waals surface area contributed by atoms with Crippen LogP contribution < -0.4 is 0 Å². The number of aromatic nitrogens is 2. The molecule has 0 saturated heterocycles. The molecule has 1 heterocycles. The molecule has 0 amide bonds. The summed E-state index contributed by atoms with van der Waals surface area (Å²) < 4.78 is 2.04. The van der Waals surface area contributed by atoms with Gasteiger partial charge in [-0.1, -0.05) is 19.1 Å². The number of nitrogens with zero attached hydrogens (tertiary/aromatic N) is 2. The summed E-state index contributed by atoms with van der Waals surface area (Å²) in [5.41, 5.74) is 2.09. The minimum atomic E-state index is 0.586. The molecule has 0 unspecified atom stereocenters. The van der Waals surface area contributed by atoms with E-state index in [1.807, 2.05) is 28.8 Å². The predicted octanol–water partition coefficient (Wildman–Crippen LogP) is 3.10. The van der Waals surface area contributed by atoms with Crippen LogP contribution in [0.4, 0.5) is 0 Å². The van der Waals surface area contributed by atoms with Gasteiger partial charge in [0.05, 0.1) is 11.0 Å². The maximum Gasteiger partial charge on any atom is 0.203 e. The van der Waals surface area contributed by atoms with E-state index in [1.54, 1.807) is 0 Å². The maximum absolute atomic E-state index is 6.00. The number of halogens is 1. The molecule has 1 aromatic heterocycles. The average Bonchev–Trinajstić information content (AvgIpc) is 2.44. The molecule has 0 N–H and O–H groups in total. The fourth-order valence-corrected chi connectivity index (χ4v) is 1.75. The van der Waals surface area contributed by atoms with E-state index in [1.165, 1.54) is 0 Å². The van der Waals surface area contributed by atoms with E-state index in [4.69, 9.17) is 11.6 Å². The minimum absolute atomic E-state index is 0.586. The van der Waals surface area contributed by atoms with E-state index in [0.717, 1.165) is 24.0 Å². The summed E-state index contributed by atoms with van der Waals surface area (Å²) in [4.78, 5) is 4.26. The van der Waals surface area contributed by atoms with Crippen LogP contribution in [0, 0.1) is 0 Å². The second-order valence-corrected chi connectivity index (χ2v) is 3.36. The minimum Gasteiger partial charge on any atom is -0.315 e. The lowest BCUT2D eigenvalue weighted by Gasteiger charge is -2.01. The summed E-state index contributed by atoms with van der Waals surface area (Å²) in [6, 6.07) is 8.01. The van der Waals surface area contributed by atoms with Crippen LogP contribution in [0.2, 0.25) is 5.28 Å². The molecule has 0 atom stereocenters. The Morgan fingerprint density at radius 3 is 2.92 bits per heavy atom. The van der Waals surface area contributed by atoms with Gasteiger partial charge in [0.25, 0.3) is 0 Å². The van der Waals surface area contributed by atoms with Crippen molar-refractivity contribution in [2.45, 2.75) is 19.9 Å². The van der Waals surface area contributed by atoms with Crippen molar-refractivity contribution in [3.63, 3.8) is 0 Å². The monoisotopic (exact) mass is 194 g/mol. The van der Waals surface area contributed by atoms with Gasteiger partial charge in [-0.05, 0) is 30.2 Å². The highest BCUT2D eigenvalue weighted by molar-refractivity contribution is 6.29. The van der Waals surface area contributed by atoms with Gasteiger partial charge in [-0.25, -0.2) is 4.98 Å². The molecular weight excluding hydrogens is 184 g/mol. The van der Waals surface area contributed by atoms with Crippen LogP contribution in [0.3, 0.4) is 0 Å². The van der Waals surface area contributed by atoms with E-state index in [9.17, 15) is 0 Å². The van der Waals surface area contributed by atoms with Crippen LogP contribution in [-0.2, 0) is 6.54 Å². The van der Waals surface area contributed by atoms with Crippen LogP contribution in [-0.4, -0.2) is 9.55 Å². The van der Waals surface area contributed by atoms with Crippen molar-refractivity contribution in [2.75, 3.05) is 0 Å². The molecule has 0 saturated carbocycles. The van der Waals surface area contributed by atoms with Gasteiger partial charge >= 0.3 is 0 Å². The Balaban J connectivity index is 2.64. The number of fused-ring (bicyclic) bond motifs is 1. The molecule has 0 spiro atoms. The average molecular weight is 195 g/mol. The maximum atomic E-state index is 6.00. The number of rotatable bonds is 2. The summed E-state index contributed by atoms with van der Waals surface area (Å²) in [6.07, 6.45) is 1.07. The molecule has 2 rings (SSSR count). The zero-order valence-corrected chi connectivity index (χ0v) is 8.25. The second kappa shape index (κ2) is 3.38. The lowest BCUT2D eigenvalue weighted by Crippen LogP contribution is -1.95. The molecule has 0 aliphatic heterocycles. The van der Waals surface area contributed by atoms with Crippen LogP contribution in [0.25, 0.3) is 11.0 Å². The van der Waals surface area contributed by atoms with Crippen molar-refractivity contribution >= 4 is 22.6 Å². The molecule has 2 nitrogen and oxygen atoms in total. The van der Waals surface area contributed by atoms with E-state index >= 15 is 0 Å². The van der Waals surface area contributed by atoms with Gasteiger partial charge in [0.1, 0.15) is 0 Å². The molecule has 0 aliphatic rings. The third-order valence-electron chi connectivity index (χ3n) is 2.06. The van der Waals surface area contributed by atoms with Gasteiger partial charge in [0.2, 0.25) is 5.28 Å². The molecular formula is C10H11ClN2. The highest BCUT2D eigenvalue weighted by atomic mass is 35.5. The summed E-state index contributed by atoms with van der Waals surface area (Å²) in [7, 11) is 0. The Morgan fingerprint density at radius 2 is 2.15 bits per heavy atom. The largest absolute Gasteiger partial charge is 0.315 e. The zero-order valence-electron chi connectivity index (χ0n) is 7.50. The van der Waals surface area contributed by atoms with Gasteiger partial charge in [0.15, 0.2) is 0 Å². The Hall–Kier alpha value is -1.02. The molecule has 2 aromatic rings. The topological polar surface area (TPSA) is 17.8 Å². The van der Waals surface area contributed by atoms with Gasteiger partial charge in [-0.15, -0.1) is 0 Å². The van der Waals surface area contributed by atoms with E-state index in [-0.39, 0.29) is 0 Å². The molecule has 3 heteroatoms. The third kappa shape index (κ3) is 1.42. The van der Waals surface area contributed by atoms with E-state index in [0.29, 0.717) is 5.28 Å². The molecule has 0 fully saturated rings. The van der Waals surface area contributed by atoms with Crippen LogP contribution in [0.15, 0.2) is 24.3 Å². The summed E-state index contributed by atoms with van der Waals surface area (Å²) in [6.45, 7) is 3.06. The van der Waals surface area contributed by atoms with Gasteiger partial charge in [-0.2, -0.15) is 0 Å². The van der Waals surface area contributed by atoms with Crippen molar-refractivity contribution in [1.29, 1.82) is 0 Å². The zero-order chi connectivity index (χ0) is 9.26. The standard InChI is InChI=1S/C10H11ClN2/c1-2-7-13-9-6-4-3-5-8(9)12-10(13)11/h3-6H,2,7H2,1H3. The number of aryl methyl sites for hydroxylation is 1. The van der Waals surface area contributed by atoms with Crippen molar-refractivity contribution in [2.24, 2.45) is 0 Å². The van der Waals surface area contributed by atoms with E-state index < -0.39 is 0 Å². The number of hydrogen-bond donors (Lipinski definition) is 0. The lowest BCUT2D eigenvalue weighted by molar-refractivity contribution is 0.698. The molecule has 1 aromatic carbocycles. The van der Waals surface area contributed by atoms with Crippen molar-refractivity contribution in [3.05, 3.63) is 29.5 Å². The predicted molar refractivity (Wildman–Crippen MR) is 55.0 cm³/mol. The fraction of sp³-hybridized carbons (Fsp3) is 0.300. The van der Waals surface area contributed by atoms with Crippen LogP contribution >= 0.6 is 11.6 Å². The van der Waals surface area contributed by atoms with Crippen LogP contribution in [0.5, 0.6) is 0 Å². The van der Waals surface area contributed by atoms with Gasteiger partial charge in [-0.3, -0.25) is 0 Å². The number of imidazole rings is 1. The number of benzene rings is 1. The SMILES string of the molecule is CCCn1c(Cl)nc2ccccc21. The first-order valence-electron chi connectivity index (χ1n) is 4.43. The summed E-state index contributed by atoms with van der Waals surface area (Å²) in [5, 5.41) is 0.586. The smallest absolute Gasteiger partial charge is 0.203 e. The molecule has 13 heavy (non-hydrogen) atoms. The molecule has 0 radical (unpaired) electrons. The summed E-state index contributed by atoms with van der Waals surface area (Å²) >= 11 is 6.00. The molecule has 0 aliphatic carbocycles. The Bertz CT molecular complexity index is 420. The first kappa shape index (κ1) is 8.57. The second-order valence-electron chi connectivity index (χ2n) is 3.02. The van der Waals surface area contributed by atoms with Crippen molar-refractivity contribution in [3.8, 4) is 0 Å². The first-order valence-corrected chi connectivity index (χ1v) is 4.81. The Labute approximate surface area is 82.1 Å². The molecule has 0 bridgehead atoms. The van der Waals surface area contributed by atoms with Gasteiger partial charge in [0, 0.05) is 6.54 Å². The number of hydrogen-bond acceptors (Lipinski definition) is 1. The highest BCUT2D eigenvalue weighted by Crippen LogP contribution is 2.19. The summed E-state index contributed by atoms with van der Waals surface area (Å²) in [5.74, 6) is 0. The van der Waals surface area contributed by atoms with Gasteiger partial charge < -0.3 is 4.57 Å². The van der Waals surface area contributed by atoms with Crippen molar-refractivity contribution < 1.29 is 0 Å². The normalized spacial score (nSPS) is 10.9. The lowest BCUT2D eigenvalue weighted by atomic mass is 10.3.